The Morgan fingerprint density at radius 1 is 1.33 bits per heavy atom. The number of carbonyl (C=O) groups is 1. The summed E-state index contributed by atoms with van der Waals surface area (Å²) in [6.07, 6.45) is 0.169. The molecule has 1 N–H and O–H groups in total. The normalized spacial score (nSPS) is 12.8. The van der Waals surface area contributed by atoms with Crippen molar-refractivity contribution >= 4 is 16.9 Å². The van der Waals surface area contributed by atoms with Crippen LogP contribution in [0.5, 0.6) is 0 Å². The zero-order valence-electron chi connectivity index (χ0n) is 12.8. The van der Waals surface area contributed by atoms with Gasteiger partial charge in [-0.1, -0.05) is 19.1 Å². The third-order valence-electron chi connectivity index (χ3n) is 3.78. The number of fused-ring (bicyclic) bond motifs is 1. The van der Waals surface area contributed by atoms with Crippen molar-refractivity contribution in [2.24, 2.45) is 0 Å². The molecule has 0 radical (unpaired) electrons. The standard InChI is InChI=1S/C17H22N2O2/c1-4-19(13(3)9-17(20)21)11-14-6-8-16-15(10-14)7-5-12(2)18-16/h5-8,10,13H,4,9,11H2,1-3H3,(H,20,21). The molecule has 112 valence electrons. The second kappa shape index (κ2) is 6.68. The van der Waals surface area contributed by atoms with Gasteiger partial charge in [-0.15, -0.1) is 0 Å². The molecular formula is C17H22N2O2. The Labute approximate surface area is 125 Å². The van der Waals surface area contributed by atoms with Gasteiger partial charge in [-0.25, -0.2) is 0 Å². The molecule has 4 heteroatoms. The predicted octanol–water partition coefficient (Wildman–Crippen LogP) is 3.23. The summed E-state index contributed by atoms with van der Waals surface area (Å²) in [5.74, 6) is -0.751. The molecule has 1 aromatic heterocycles. The Morgan fingerprint density at radius 3 is 2.76 bits per heavy atom. The molecule has 4 nitrogen and oxygen atoms in total. The first-order valence-corrected chi connectivity index (χ1v) is 7.31. The van der Waals surface area contributed by atoms with Gasteiger partial charge in [0.2, 0.25) is 0 Å². The summed E-state index contributed by atoms with van der Waals surface area (Å²) in [5.41, 5.74) is 3.20. The van der Waals surface area contributed by atoms with Crippen molar-refractivity contribution in [3.8, 4) is 0 Å². The number of pyridine rings is 1. The van der Waals surface area contributed by atoms with Crippen LogP contribution in [-0.2, 0) is 11.3 Å². The number of hydrogen-bond donors (Lipinski definition) is 1. The number of nitrogens with zero attached hydrogens (tertiary/aromatic N) is 2. The van der Waals surface area contributed by atoms with Crippen molar-refractivity contribution in [1.29, 1.82) is 0 Å². The minimum Gasteiger partial charge on any atom is -0.481 e. The molecule has 1 aromatic carbocycles. The van der Waals surface area contributed by atoms with Crippen LogP contribution in [0.2, 0.25) is 0 Å². The smallest absolute Gasteiger partial charge is 0.304 e. The summed E-state index contributed by atoms with van der Waals surface area (Å²) in [6, 6.07) is 10.4. The lowest BCUT2D eigenvalue weighted by Gasteiger charge is -2.26. The maximum Gasteiger partial charge on any atom is 0.304 e. The Kier molecular flexibility index (Phi) is 4.91. The Hall–Kier alpha value is -1.94. The van der Waals surface area contributed by atoms with Crippen LogP contribution in [0.3, 0.4) is 0 Å². The van der Waals surface area contributed by atoms with Crippen molar-refractivity contribution in [3.63, 3.8) is 0 Å². The highest BCUT2D eigenvalue weighted by Crippen LogP contribution is 2.17. The quantitative estimate of drug-likeness (QED) is 0.886. The summed E-state index contributed by atoms with van der Waals surface area (Å²) in [6.45, 7) is 7.60. The maximum atomic E-state index is 10.9. The molecular weight excluding hydrogens is 264 g/mol. The Bertz CT molecular complexity index is 640. The van der Waals surface area contributed by atoms with Gasteiger partial charge in [-0.2, -0.15) is 0 Å². The Morgan fingerprint density at radius 2 is 2.10 bits per heavy atom. The second-order valence-corrected chi connectivity index (χ2v) is 5.49. The van der Waals surface area contributed by atoms with E-state index in [0.29, 0.717) is 0 Å². The Balaban J connectivity index is 2.17. The number of hydrogen-bond acceptors (Lipinski definition) is 3. The van der Waals surface area contributed by atoms with Crippen LogP contribution in [0.25, 0.3) is 10.9 Å². The fourth-order valence-electron chi connectivity index (χ4n) is 2.57. The van der Waals surface area contributed by atoms with E-state index in [0.717, 1.165) is 29.7 Å². The fourth-order valence-corrected chi connectivity index (χ4v) is 2.57. The number of aliphatic carboxylic acids is 1. The number of aromatic nitrogens is 1. The number of rotatable bonds is 6. The largest absolute Gasteiger partial charge is 0.481 e. The first-order chi connectivity index (χ1) is 9.99. The molecule has 0 aliphatic rings. The van der Waals surface area contributed by atoms with Gasteiger partial charge in [0, 0.05) is 23.7 Å². The number of aryl methyl sites for hydroxylation is 1. The van der Waals surface area contributed by atoms with E-state index >= 15 is 0 Å². The van der Waals surface area contributed by atoms with Gasteiger partial charge < -0.3 is 5.11 Å². The highest BCUT2D eigenvalue weighted by Gasteiger charge is 2.15. The SMILES string of the molecule is CCN(Cc1ccc2nc(C)ccc2c1)C(C)CC(=O)O. The maximum absolute atomic E-state index is 10.9. The van der Waals surface area contributed by atoms with Crippen molar-refractivity contribution in [3.05, 3.63) is 41.6 Å². The zero-order chi connectivity index (χ0) is 15.4. The first kappa shape index (κ1) is 15.4. The van der Waals surface area contributed by atoms with Crippen LogP contribution in [0.1, 0.15) is 31.5 Å². The highest BCUT2D eigenvalue weighted by atomic mass is 16.4. The lowest BCUT2D eigenvalue weighted by atomic mass is 10.1. The van der Waals surface area contributed by atoms with Crippen LogP contribution >= 0.6 is 0 Å². The summed E-state index contributed by atoms with van der Waals surface area (Å²) in [5, 5.41) is 10.1. The lowest BCUT2D eigenvalue weighted by molar-refractivity contribution is -0.138. The third kappa shape index (κ3) is 4.02. The van der Waals surface area contributed by atoms with Crippen LogP contribution < -0.4 is 0 Å². The highest BCUT2D eigenvalue weighted by molar-refractivity contribution is 5.79. The van der Waals surface area contributed by atoms with Crippen molar-refractivity contribution < 1.29 is 9.90 Å². The van der Waals surface area contributed by atoms with Crippen LogP contribution in [0.15, 0.2) is 30.3 Å². The van der Waals surface area contributed by atoms with Gasteiger partial charge in [0.15, 0.2) is 0 Å². The molecule has 21 heavy (non-hydrogen) atoms. The molecule has 0 saturated carbocycles. The van der Waals surface area contributed by atoms with Crippen LogP contribution in [0, 0.1) is 6.92 Å². The molecule has 1 atom stereocenters. The van der Waals surface area contributed by atoms with Gasteiger partial charge in [0.05, 0.1) is 11.9 Å². The summed E-state index contributed by atoms with van der Waals surface area (Å²) in [4.78, 5) is 17.5. The van der Waals surface area contributed by atoms with Gasteiger partial charge in [0.25, 0.3) is 0 Å². The fraction of sp³-hybridized carbons (Fsp3) is 0.412. The minimum atomic E-state index is -0.751. The molecule has 2 aromatic rings. The van der Waals surface area contributed by atoms with E-state index in [1.807, 2.05) is 26.0 Å². The van der Waals surface area contributed by atoms with Crippen molar-refractivity contribution in [2.75, 3.05) is 6.54 Å². The zero-order valence-corrected chi connectivity index (χ0v) is 12.8. The molecule has 0 bridgehead atoms. The van der Waals surface area contributed by atoms with Gasteiger partial charge in [0.1, 0.15) is 0 Å². The van der Waals surface area contributed by atoms with Crippen molar-refractivity contribution in [2.45, 2.75) is 39.8 Å². The molecule has 1 unspecified atom stereocenters. The number of benzene rings is 1. The van der Waals surface area contributed by atoms with E-state index in [1.165, 1.54) is 5.56 Å². The predicted molar refractivity (Wildman–Crippen MR) is 84.3 cm³/mol. The van der Waals surface area contributed by atoms with Crippen LogP contribution in [0.4, 0.5) is 0 Å². The third-order valence-corrected chi connectivity index (χ3v) is 3.78. The van der Waals surface area contributed by atoms with Gasteiger partial charge in [-0.05, 0) is 44.2 Å². The van der Waals surface area contributed by atoms with Gasteiger partial charge in [-0.3, -0.25) is 14.7 Å². The van der Waals surface area contributed by atoms with E-state index in [9.17, 15) is 4.79 Å². The van der Waals surface area contributed by atoms with E-state index in [2.05, 4.69) is 35.0 Å². The molecule has 0 amide bonds. The number of carboxylic acid groups (broad SMARTS) is 1. The molecule has 1 heterocycles. The summed E-state index contributed by atoms with van der Waals surface area (Å²) >= 11 is 0. The summed E-state index contributed by atoms with van der Waals surface area (Å²) < 4.78 is 0. The van der Waals surface area contributed by atoms with E-state index in [1.54, 1.807) is 0 Å². The van der Waals surface area contributed by atoms with Crippen LogP contribution in [-0.4, -0.2) is 33.5 Å². The second-order valence-electron chi connectivity index (χ2n) is 5.49. The molecule has 0 fully saturated rings. The molecule has 2 rings (SSSR count). The lowest BCUT2D eigenvalue weighted by Crippen LogP contribution is -2.34. The monoisotopic (exact) mass is 286 g/mol. The average molecular weight is 286 g/mol. The molecule has 0 aliphatic carbocycles. The van der Waals surface area contributed by atoms with Crippen molar-refractivity contribution in [1.82, 2.24) is 9.88 Å². The van der Waals surface area contributed by atoms with E-state index < -0.39 is 5.97 Å². The van der Waals surface area contributed by atoms with E-state index in [-0.39, 0.29) is 12.5 Å². The van der Waals surface area contributed by atoms with Gasteiger partial charge >= 0.3 is 5.97 Å². The minimum absolute atomic E-state index is 0.0272. The number of carboxylic acids is 1. The molecule has 0 spiro atoms. The molecule has 0 saturated heterocycles. The first-order valence-electron chi connectivity index (χ1n) is 7.31. The van der Waals surface area contributed by atoms with E-state index in [4.69, 9.17) is 5.11 Å². The average Bonchev–Trinajstić information content (AvgIpc) is 2.43. The topological polar surface area (TPSA) is 53.4 Å². The molecule has 0 aliphatic heterocycles. The summed E-state index contributed by atoms with van der Waals surface area (Å²) in [7, 11) is 0.